The van der Waals surface area contributed by atoms with Crippen molar-refractivity contribution in [3.05, 3.63) is 64.7 Å². The number of hydrogen-bond acceptors (Lipinski definition) is 4. The van der Waals surface area contributed by atoms with Gasteiger partial charge in [0.15, 0.2) is 0 Å². The van der Waals surface area contributed by atoms with Crippen LogP contribution in [-0.4, -0.2) is 29.4 Å². The van der Waals surface area contributed by atoms with Gasteiger partial charge in [0.05, 0.1) is 4.58 Å². The Balaban J connectivity index is 1.46. The Hall–Kier alpha value is -1.92. The number of carbonyl (C=O) groups is 2. The number of aryl methyl sites for hydroxylation is 1. The highest BCUT2D eigenvalue weighted by atomic mass is 32.2. The third-order valence-electron chi connectivity index (χ3n) is 4.73. The molecule has 1 aliphatic carbocycles. The van der Waals surface area contributed by atoms with E-state index >= 15 is 0 Å². The molecule has 1 aliphatic heterocycles. The minimum atomic E-state index is -0.156. The second-order valence-corrected chi connectivity index (χ2v) is 9.65. The molecular formula is C21H22N2O2S2. The standard InChI is InChI=1S/C21H22N2O2S2/c1-13-2-3-16(20(25)22-17-8-9-17)12-18(13)23-19(24)14-4-6-15(7-5-14)21-26-10-11-27-21/h2-7,12,17,21H,8-11H2,1H3,(H,22,25)(H,23,24). The van der Waals surface area contributed by atoms with Gasteiger partial charge in [0, 0.05) is 34.4 Å². The first-order valence-electron chi connectivity index (χ1n) is 9.16. The van der Waals surface area contributed by atoms with Crippen LogP contribution in [0.5, 0.6) is 0 Å². The molecule has 1 heterocycles. The van der Waals surface area contributed by atoms with E-state index in [0.29, 0.717) is 27.4 Å². The van der Waals surface area contributed by atoms with Gasteiger partial charge in [-0.1, -0.05) is 18.2 Å². The average Bonchev–Trinajstić information content (AvgIpc) is 3.32. The molecule has 0 aromatic heterocycles. The molecule has 0 radical (unpaired) electrons. The lowest BCUT2D eigenvalue weighted by atomic mass is 10.1. The molecule has 2 aliphatic rings. The Morgan fingerprint density at radius 1 is 0.926 bits per heavy atom. The molecule has 2 fully saturated rings. The van der Waals surface area contributed by atoms with Crippen molar-refractivity contribution < 1.29 is 9.59 Å². The molecular weight excluding hydrogens is 376 g/mol. The van der Waals surface area contributed by atoms with Crippen LogP contribution in [0, 0.1) is 6.92 Å². The van der Waals surface area contributed by atoms with Gasteiger partial charge in [-0.15, -0.1) is 23.5 Å². The second-order valence-electron chi connectivity index (χ2n) is 6.93. The molecule has 6 heteroatoms. The quantitative estimate of drug-likeness (QED) is 0.772. The topological polar surface area (TPSA) is 58.2 Å². The van der Waals surface area contributed by atoms with Gasteiger partial charge >= 0.3 is 0 Å². The number of benzene rings is 2. The van der Waals surface area contributed by atoms with Gasteiger partial charge in [0.1, 0.15) is 0 Å². The van der Waals surface area contributed by atoms with Crippen LogP contribution in [0.4, 0.5) is 5.69 Å². The van der Waals surface area contributed by atoms with E-state index in [1.807, 2.05) is 60.8 Å². The summed E-state index contributed by atoms with van der Waals surface area (Å²) >= 11 is 3.90. The maximum Gasteiger partial charge on any atom is 0.255 e. The van der Waals surface area contributed by atoms with Crippen molar-refractivity contribution in [2.45, 2.75) is 30.4 Å². The number of nitrogens with one attached hydrogen (secondary N) is 2. The summed E-state index contributed by atoms with van der Waals surface area (Å²) < 4.78 is 0.478. The van der Waals surface area contributed by atoms with Crippen molar-refractivity contribution >= 4 is 41.0 Å². The summed E-state index contributed by atoms with van der Waals surface area (Å²) in [5, 5.41) is 5.93. The smallest absolute Gasteiger partial charge is 0.255 e. The molecule has 2 amide bonds. The molecule has 0 atom stereocenters. The molecule has 0 unspecified atom stereocenters. The summed E-state index contributed by atoms with van der Waals surface area (Å²) in [5.41, 5.74) is 4.07. The van der Waals surface area contributed by atoms with Gasteiger partial charge < -0.3 is 10.6 Å². The largest absolute Gasteiger partial charge is 0.349 e. The fraction of sp³-hybridized carbons (Fsp3) is 0.333. The van der Waals surface area contributed by atoms with Gasteiger partial charge in [0.2, 0.25) is 0 Å². The van der Waals surface area contributed by atoms with Crippen LogP contribution < -0.4 is 10.6 Å². The van der Waals surface area contributed by atoms with E-state index in [9.17, 15) is 9.59 Å². The van der Waals surface area contributed by atoms with E-state index in [1.54, 1.807) is 12.1 Å². The molecule has 4 nitrogen and oxygen atoms in total. The molecule has 2 aromatic rings. The van der Waals surface area contributed by atoms with E-state index in [0.717, 1.165) is 18.4 Å². The van der Waals surface area contributed by atoms with Crippen molar-refractivity contribution in [2.24, 2.45) is 0 Å². The van der Waals surface area contributed by atoms with Crippen LogP contribution in [-0.2, 0) is 0 Å². The van der Waals surface area contributed by atoms with Crippen molar-refractivity contribution in [1.82, 2.24) is 5.32 Å². The fourth-order valence-corrected chi connectivity index (χ4v) is 5.79. The molecule has 0 spiro atoms. The van der Waals surface area contributed by atoms with Gasteiger partial charge in [0.25, 0.3) is 11.8 Å². The molecule has 2 N–H and O–H groups in total. The van der Waals surface area contributed by atoms with Crippen LogP contribution in [0.25, 0.3) is 0 Å². The number of anilines is 1. The lowest BCUT2D eigenvalue weighted by Gasteiger charge is -2.12. The van der Waals surface area contributed by atoms with Crippen LogP contribution in [0.2, 0.25) is 0 Å². The third-order valence-corrected chi connectivity index (χ3v) is 7.83. The van der Waals surface area contributed by atoms with Crippen LogP contribution in [0.1, 0.15) is 49.3 Å². The minimum absolute atomic E-state index is 0.0797. The number of rotatable bonds is 5. The van der Waals surface area contributed by atoms with E-state index < -0.39 is 0 Å². The first-order valence-corrected chi connectivity index (χ1v) is 11.3. The number of amides is 2. The third kappa shape index (κ3) is 4.50. The van der Waals surface area contributed by atoms with Crippen LogP contribution in [0.15, 0.2) is 42.5 Å². The summed E-state index contributed by atoms with van der Waals surface area (Å²) in [6.45, 7) is 1.93. The molecule has 4 rings (SSSR count). The lowest BCUT2D eigenvalue weighted by Crippen LogP contribution is -2.25. The zero-order chi connectivity index (χ0) is 18.8. The van der Waals surface area contributed by atoms with Crippen LogP contribution >= 0.6 is 23.5 Å². The van der Waals surface area contributed by atoms with Crippen molar-refractivity contribution in [3.63, 3.8) is 0 Å². The monoisotopic (exact) mass is 398 g/mol. The minimum Gasteiger partial charge on any atom is -0.349 e. The van der Waals surface area contributed by atoms with E-state index in [1.165, 1.54) is 17.1 Å². The zero-order valence-electron chi connectivity index (χ0n) is 15.2. The highest BCUT2D eigenvalue weighted by molar-refractivity contribution is 8.19. The predicted molar refractivity (Wildman–Crippen MR) is 114 cm³/mol. The van der Waals surface area contributed by atoms with Crippen molar-refractivity contribution in [1.29, 1.82) is 0 Å². The highest BCUT2D eigenvalue weighted by Gasteiger charge is 2.24. The Morgan fingerprint density at radius 3 is 2.26 bits per heavy atom. The van der Waals surface area contributed by atoms with Crippen LogP contribution in [0.3, 0.4) is 0 Å². The van der Waals surface area contributed by atoms with Gasteiger partial charge in [-0.25, -0.2) is 0 Å². The number of carbonyl (C=O) groups excluding carboxylic acids is 2. The molecule has 140 valence electrons. The number of thioether (sulfide) groups is 2. The SMILES string of the molecule is Cc1ccc(C(=O)NC2CC2)cc1NC(=O)c1ccc(C2SCCS2)cc1. The Bertz CT molecular complexity index is 857. The highest BCUT2D eigenvalue weighted by Crippen LogP contribution is 2.45. The molecule has 1 saturated heterocycles. The Labute approximate surface area is 167 Å². The van der Waals surface area contributed by atoms with Crippen molar-refractivity contribution in [3.8, 4) is 0 Å². The summed E-state index contributed by atoms with van der Waals surface area (Å²) in [5.74, 6) is 2.13. The molecule has 0 bridgehead atoms. The zero-order valence-corrected chi connectivity index (χ0v) is 16.8. The second kappa shape index (κ2) is 7.98. The van der Waals surface area contributed by atoms with E-state index in [-0.39, 0.29) is 11.8 Å². The van der Waals surface area contributed by atoms with Gasteiger partial charge in [-0.3, -0.25) is 9.59 Å². The summed E-state index contributed by atoms with van der Waals surface area (Å²) in [4.78, 5) is 24.9. The Morgan fingerprint density at radius 2 is 1.59 bits per heavy atom. The molecule has 2 aromatic carbocycles. The molecule has 1 saturated carbocycles. The Kier molecular flexibility index (Phi) is 5.45. The fourth-order valence-electron chi connectivity index (χ4n) is 2.93. The maximum atomic E-state index is 12.6. The summed E-state index contributed by atoms with van der Waals surface area (Å²) in [6.07, 6.45) is 2.10. The number of hydrogen-bond donors (Lipinski definition) is 2. The lowest BCUT2D eigenvalue weighted by molar-refractivity contribution is 0.0949. The van der Waals surface area contributed by atoms with E-state index in [2.05, 4.69) is 10.6 Å². The normalized spacial score (nSPS) is 16.9. The van der Waals surface area contributed by atoms with Crippen molar-refractivity contribution in [2.75, 3.05) is 16.8 Å². The first-order chi connectivity index (χ1) is 13.1. The van der Waals surface area contributed by atoms with E-state index in [4.69, 9.17) is 0 Å². The maximum absolute atomic E-state index is 12.6. The predicted octanol–water partition coefficient (Wildman–Crippen LogP) is 4.62. The molecule has 27 heavy (non-hydrogen) atoms. The summed E-state index contributed by atoms with van der Waals surface area (Å²) in [7, 11) is 0. The van der Waals surface area contributed by atoms with Gasteiger partial charge in [-0.2, -0.15) is 0 Å². The average molecular weight is 399 g/mol. The summed E-state index contributed by atoms with van der Waals surface area (Å²) in [6, 6.07) is 13.6. The van der Waals surface area contributed by atoms with Gasteiger partial charge in [-0.05, 0) is 55.2 Å². The first kappa shape index (κ1) is 18.4.